The van der Waals surface area contributed by atoms with Crippen LogP contribution in [0, 0.1) is 5.82 Å². The Kier molecular flexibility index (Phi) is 4.90. The van der Waals surface area contributed by atoms with Crippen molar-refractivity contribution >= 4 is 22.6 Å². The van der Waals surface area contributed by atoms with Gasteiger partial charge in [0, 0.05) is 31.1 Å². The molecule has 3 aromatic carbocycles. The highest BCUT2D eigenvalue weighted by Gasteiger charge is 2.34. The van der Waals surface area contributed by atoms with Crippen molar-refractivity contribution < 1.29 is 13.9 Å². The SMILES string of the molecule is COc1ccc(N2C[C@H](c3nc4ccccc4n3Cc3ccc(F)cc3)CC2=O)cc1. The lowest BCUT2D eigenvalue weighted by molar-refractivity contribution is -0.117. The van der Waals surface area contributed by atoms with Crippen molar-refractivity contribution in [3.05, 3.63) is 90.0 Å². The first kappa shape index (κ1) is 19.3. The van der Waals surface area contributed by atoms with Gasteiger partial charge in [0.15, 0.2) is 0 Å². The lowest BCUT2D eigenvalue weighted by Crippen LogP contribution is -2.24. The molecule has 5 nitrogen and oxygen atoms in total. The standard InChI is InChI=1S/C25H22FN3O2/c1-31-21-12-10-20(11-13-21)28-16-18(14-24(28)30)25-27-22-4-2-3-5-23(22)29(25)15-17-6-8-19(26)9-7-17/h2-13,18H,14-16H2,1H3/t18-/m1/s1. The molecule has 156 valence electrons. The second-order valence-corrected chi connectivity index (χ2v) is 7.77. The number of rotatable bonds is 5. The van der Waals surface area contributed by atoms with Crippen LogP contribution >= 0.6 is 0 Å². The summed E-state index contributed by atoms with van der Waals surface area (Å²) in [6.45, 7) is 1.14. The van der Waals surface area contributed by atoms with Crippen molar-refractivity contribution in [2.24, 2.45) is 0 Å². The summed E-state index contributed by atoms with van der Waals surface area (Å²) in [5.74, 6) is 1.44. The van der Waals surface area contributed by atoms with Gasteiger partial charge in [-0.15, -0.1) is 0 Å². The molecule has 0 radical (unpaired) electrons. The van der Waals surface area contributed by atoms with Crippen LogP contribution in [0.25, 0.3) is 11.0 Å². The topological polar surface area (TPSA) is 47.4 Å². The molecule has 1 fully saturated rings. The van der Waals surface area contributed by atoms with Crippen molar-refractivity contribution in [3.8, 4) is 5.75 Å². The van der Waals surface area contributed by atoms with Gasteiger partial charge in [-0.3, -0.25) is 4.79 Å². The Morgan fingerprint density at radius 2 is 1.77 bits per heavy atom. The molecule has 31 heavy (non-hydrogen) atoms. The molecule has 0 bridgehead atoms. The number of carbonyl (C=O) groups excluding carboxylic acids is 1. The Morgan fingerprint density at radius 3 is 2.52 bits per heavy atom. The number of halogens is 1. The van der Waals surface area contributed by atoms with E-state index in [1.807, 2.05) is 53.4 Å². The number of imidazole rings is 1. The molecule has 1 aromatic heterocycles. The first-order valence-electron chi connectivity index (χ1n) is 10.3. The Labute approximate surface area is 179 Å². The monoisotopic (exact) mass is 415 g/mol. The second-order valence-electron chi connectivity index (χ2n) is 7.77. The Morgan fingerprint density at radius 1 is 1.03 bits per heavy atom. The number of nitrogens with zero attached hydrogens (tertiary/aromatic N) is 3. The summed E-state index contributed by atoms with van der Waals surface area (Å²) in [6.07, 6.45) is 0.402. The zero-order chi connectivity index (χ0) is 21.4. The first-order chi connectivity index (χ1) is 15.1. The highest BCUT2D eigenvalue weighted by molar-refractivity contribution is 5.96. The molecule has 1 saturated heterocycles. The fraction of sp³-hybridized carbons (Fsp3) is 0.200. The molecule has 4 aromatic rings. The highest BCUT2D eigenvalue weighted by atomic mass is 19.1. The van der Waals surface area contributed by atoms with E-state index in [0.29, 0.717) is 19.5 Å². The van der Waals surface area contributed by atoms with Crippen molar-refractivity contribution in [2.75, 3.05) is 18.6 Å². The van der Waals surface area contributed by atoms with Gasteiger partial charge in [0.2, 0.25) is 5.91 Å². The molecule has 0 N–H and O–H groups in total. The molecule has 1 atom stereocenters. The molecule has 1 aliphatic rings. The number of aromatic nitrogens is 2. The van der Waals surface area contributed by atoms with Gasteiger partial charge in [-0.1, -0.05) is 24.3 Å². The van der Waals surface area contributed by atoms with E-state index in [1.54, 1.807) is 19.2 Å². The molecule has 0 unspecified atom stereocenters. The predicted octanol–water partition coefficient (Wildman–Crippen LogP) is 4.75. The molecule has 0 saturated carbocycles. The maximum atomic E-state index is 13.4. The van der Waals surface area contributed by atoms with Crippen molar-refractivity contribution in [2.45, 2.75) is 18.9 Å². The molecular weight excluding hydrogens is 393 g/mol. The van der Waals surface area contributed by atoms with Gasteiger partial charge >= 0.3 is 0 Å². The third-order valence-corrected chi connectivity index (χ3v) is 5.81. The van der Waals surface area contributed by atoms with Crippen molar-refractivity contribution in [3.63, 3.8) is 0 Å². The largest absolute Gasteiger partial charge is 0.497 e. The van der Waals surface area contributed by atoms with E-state index in [2.05, 4.69) is 4.57 Å². The number of ether oxygens (including phenoxy) is 1. The number of hydrogen-bond donors (Lipinski definition) is 0. The third kappa shape index (κ3) is 3.65. The first-order valence-corrected chi connectivity index (χ1v) is 10.3. The fourth-order valence-electron chi connectivity index (χ4n) is 4.24. The van der Waals surface area contributed by atoms with Crippen LogP contribution in [-0.4, -0.2) is 29.1 Å². The summed E-state index contributed by atoms with van der Waals surface area (Å²) in [5, 5.41) is 0. The van der Waals surface area contributed by atoms with Crippen LogP contribution in [0.5, 0.6) is 5.75 Å². The number of benzene rings is 3. The summed E-state index contributed by atoms with van der Waals surface area (Å²) in [7, 11) is 1.62. The number of amides is 1. The van der Waals surface area contributed by atoms with E-state index >= 15 is 0 Å². The zero-order valence-electron chi connectivity index (χ0n) is 17.2. The van der Waals surface area contributed by atoms with E-state index in [0.717, 1.165) is 33.9 Å². The predicted molar refractivity (Wildman–Crippen MR) is 118 cm³/mol. The molecule has 0 spiro atoms. The van der Waals surface area contributed by atoms with Crippen LogP contribution in [0.4, 0.5) is 10.1 Å². The van der Waals surface area contributed by atoms with E-state index in [4.69, 9.17) is 9.72 Å². The van der Waals surface area contributed by atoms with E-state index < -0.39 is 0 Å². The van der Waals surface area contributed by atoms with Gasteiger partial charge in [0.25, 0.3) is 0 Å². The van der Waals surface area contributed by atoms with Gasteiger partial charge in [-0.2, -0.15) is 0 Å². The van der Waals surface area contributed by atoms with E-state index in [9.17, 15) is 9.18 Å². The Hall–Kier alpha value is -3.67. The van der Waals surface area contributed by atoms with Crippen LogP contribution in [0.2, 0.25) is 0 Å². The van der Waals surface area contributed by atoms with Gasteiger partial charge in [-0.25, -0.2) is 9.37 Å². The van der Waals surface area contributed by atoms with Crippen LogP contribution in [0.1, 0.15) is 23.7 Å². The average Bonchev–Trinajstić information content (AvgIpc) is 3.36. The molecule has 5 rings (SSSR count). The Bertz CT molecular complexity index is 1230. The maximum Gasteiger partial charge on any atom is 0.227 e. The highest BCUT2D eigenvalue weighted by Crippen LogP contribution is 2.34. The number of hydrogen-bond acceptors (Lipinski definition) is 3. The Balaban J connectivity index is 1.49. The number of methoxy groups -OCH3 is 1. The summed E-state index contributed by atoms with van der Waals surface area (Å²) in [5.41, 5.74) is 3.75. The quantitative estimate of drug-likeness (QED) is 0.473. The molecule has 1 aliphatic heterocycles. The molecule has 1 amide bonds. The lowest BCUT2D eigenvalue weighted by Gasteiger charge is -2.18. The number of fused-ring (bicyclic) bond motifs is 1. The van der Waals surface area contributed by atoms with E-state index in [1.165, 1.54) is 12.1 Å². The van der Waals surface area contributed by atoms with Gasteiger partial charge in [-0.05, 0) is 54.1 Å². The smallest absolute Gasteiger partial charge is 0.227 e. The summed E-state index contributed by atoms with van der Waals surface area (Å²) >= 11 is 0. The minimum absolute atomic E-state index is 0.0255. The normalized spacial score (nSPS) is 16.3. The summed E-state index contributed by atoms with van der Waals surface area (Å²) < 4.78 is 20.7. The minimum Gasteiger partial charge on any atom is -0.497 e. The zero-order valence-corrected chi connectivity index (χ0v) is 17.2. The van der Waals surface area contributed by atoms with Crippen molar-refractivity contribution in [1.82, 2.24) is 9.55 Å². The number of carbonyl (C=O) groups is 1. The summed E-state index contributed by atoms with van der Waals surface area (Å²) in [6, 6.07) is 22.0. The minimum atomic E-state index is -0.254. The van der Waals surface area contributed by atoms with Crippen LogP contribution in [-0.2, 0) is 11.3 Å². The van der Waals surface area contributed by atoms with Gasteiger partial charge in [0.05, 0.1) is 18.1 Å². The van der Waals surface area contributed by atoms with Crippen LogP contribution in [0.15, 0.2) is 72.8 Å². The average molecular weight is 415 g/mol. The van der Waals surface area contributed by atoms with Gasteiger partial charge < -0.3 is 14.2 Å². The van der Waals surface area contributed by atoms with Crippen LogP contribution < -0.4 is 9.64 Å². The van der Waals surface area contributed by atoms with Gasteiger partial charge in [0.1, 0.15) is 17.4 Å². The second kappa shape index (κ2) is 7.87. The molecule has 0 aliphatic carbocycles. The molecular formula is C25H22FN3O2. The van der Waals surface area contributed by atoms with Crippen molar-refractivity contribution in [1.29, 1.82) is 0 Å². The number of para-hydroxylation sites is 2. The van der Waals surface area contributed by atoms with E-state index in [-0.39, 0.29) is 17.6 Å². The number of anilines is 1. The molecule has 2 heterocycles. The third-order valence-electron chi connectivity index (χ3n) is 5.81. The lowest BCUT2D eigenvalue weighted by atomic mass is 10.1. The summed E-state index contributed by atoms with van der Waals surface area (Å²) in [4.78, 5) is 19.6. The molecule has 6 heteroatoms. The van der Waals surface area contributed by atoms with Crippen LogP contribution in [0.3, 0.4) is 0 Å². The fourth-order valence-corrected chi connectivity index (χ4v) is 4.24. The maximum absolute atomic E-state index is 13.4.